The normalized spacial score (nSPS) is 11.6. The van der Waals surface area contributed by atoms with E-state index in [1.165, 1.54) is 12.3 Å². The minimum absolute atomic E-state index is 0.0580. The minimum Gasteiger partial charge on any atom is -0.319 e. The van der Waals surface area contributed by atoms with Gasteiger partial charge in [0.25, 0.3) is 5.56 Å². The molecule has 7 heteroatoms. The van der Waals surface area contributed by atoms with Crippen LogP contribution in [0.4, 0.5) is 13.2 Å². The van der Waals surface area contributed by atoms with Crippen molar-refractivity contribution in [1.82, 2.24) is 9.38 Å². The van der Waals surface area contributed by atoms with Crippen LogP contribution in [0.1, 0.15) is 5.56 Å². The molecule has 0 unspecified atom stereocenters. The molecule has 0 radical (unpaired) electrons. The number of rotatable bonds is 1. The Bertz CT molecular complexity index is 869. The lowest BCUT2D eigenvalue weighted by Crippen LogP contribution is -2.12. The maximum atomic E-state index is 14.0. The maximum absolute atomic E-state index is 14.0. The summed E-state index contributed by atoms with van der Waals surface area (Å²) in [7, 11) is 0. The van der Waals surface area contributed by atoms with Gasteiger partial charge in [0.2, 0.25) is 0 Å². The van der Waals surface area contributed by atoms with E-state index in [0.717, 1.165) is 10.5 Å². The second kappa shape index (κ2) is 4.03. The molecular weight excluding hydrogens is 281 g/mol. The number of benzene rings is 1. The summed E-state index contributed by atoms with van der Waals surface area (Å²) in [5.41, 5.74) is -1.33. The molecule has 3 rings (SSSR count). The first-order valence-corrected chi connectivity index (χ1v) is 5.83. The van der Waals surface area contributed by atoms with E-state index in [4.69, 9.17) is 11.6 Å². The number of hydrogen-bond donors (Lipinski definition) is 1. The summed E-state index contributed by atoms with van der Waals surface area (Å²) in [6.45, 7) is 0. The Morgan fingerprint density at radius 1 is 1.21 bits per heavy atom. The molecule has 0 aliphatic carbocycles. The molecule has 0 fully saturated rings. The Morgan fingerprint density at radius 3 is 2.63 bits per heavy atom. The number of nitrogens with one attached hydrogen (secondary N) is 1. The number of fused-ring (bicyclic) bond motifs is 3. The molecule has 0 bridgehead atoms. The third-order valence-corrected chi connectivity index (χ3v) is 3.23. The standard InChI is InChI=1S/C12H6ClF3N2O/c13-4-5-3-7-11(9(16)8(5)15)18-2-1-6(14)10(18)12(19)17-7/h1-3H,4H2,(H,17,19). The second-order valence-corrected chi connectivity index (χ2v) is 4.30. The van der Waals surface area contributed by atoms with Crippen LogP contribution in [0.2, 0.25) is 0 Å². The Hall–Kier alpha value is -1.95. The van der Waals surface area contributed by atoms with Gasteiger partial charge in [-0.1, -0.05) is 0 Å². The van der Waals surface area contributed by atoms with E-state index < -0.39 is 23.0 Å². The van der Waals surface area contributed by atoms with Crippen LogP contribution in [0.3, 0.4) is 0 Å². The maximum Gasteiger partial charge on any atom is 0.275 e. The second-order valence-electron chi connectivity index (χ2n) is 4.03. The third kappa shape index (κ3) is 1.56. The average Bonchev–Trinajstić information content (AvgIpc) is 2.76. The van der Waals surface area contributed by atoms with Crippen LogP contribution in [0, 0.1) is 17.5 Å². The van der Waals surface area contributed by atoms with Crippen molar-refractivity contribution in [2.24, 2.45) is 0 Å². The number of alkyl halides is 1. The van der Waals surface area contributed by atoms with Crippen molar-refractivity contribution in [3.63, 3.8) is 0 Å². The molecule has 0 atom stereocenters. The highest BCUT2D eigenvalue weighted by atomic mass is 35.5. The molecule has 98 valence electrons. The van der Waals surface area contributed by atoms with Crippen LogP contribution in [0.5, 0.6) is 0 Å². The van der Waals surface area contributed by atoms with E-state index in [0.29, 0.717) is 0 Å². The number of aromatic nitrogens is 2. The van der Waals surface area contributed by atoms with Crippen LogP contribution in [-0.2, 0) is 5.88 Å². The van der Waals surface area contributed by atoms with Crippen molar-refractivity contribution in [2.45, 2.75) is 5.88 Å². The van der Waals surface area contributed by atoms with E-state index in [1.54, 1.807) is 0 Å². The van der Waals surface area contributed by atoms with Gasteiger partial charge in [-0.3, -0.25) is 4.79 Å². The van der Waals surface area contributed by atoms with Gasteiger partial charge in [-0.25, -0.2) is 13.2 Å². The van der Waals surface area contributed by atoms with E-state index in [-0.39, 0.29) is 28.0 Å². The van der Waals surface area contributed by atoms with Crippen LogP contribution in [0.15, 0.2) is 23.1 Å². The smallest absolute Gasteiger partial charge is 0.275 e. The van der Waals surface area contributed by atoms with Crippen LogP contribution in [0.25, 0.3) is 16.6 Å². The van der Waals surface area contributed by atoms with Gasteiger partial charge in [0.05, 0.1) is 11.4 Å². The fourth-order valence-corrected chi connectivity index (χ4v) is 2.29. The zero-order chi connectivity index (χ0) is 13.7. The van der Waals surface area contributed by atoms with Crippen molar-refractivity contribution in [2.75, 3.05) is 0 Å². The van der Waals surface area contributed by atoms with Crippen LogP contribution in [-0.4, -0.2) is 9.38 Å². The number of H-pyrrole nitrogens is 1. The van der Waals surface area contributed by atoms with Crippen molar-refractivity contribution in [1.29, 1.82) is 0 Å². The molecule has 19 heavy (non-hydrogen) atoms. The zero-order valence-electron chi connectivity index (χ0n) is 9.31. The molecular formula is C12H6ClF3N2O. The van der Waals surface area contributed by atoms with Crippen molar-refractivity contribution in [3.8, 4) is 0 Å². The molecule has 1 N–H and O–H groups in total. The average molecular weight is 287 g/mol. The predicted molar refractivity (Wildman–Crippen MR) is 65.0 cm³/mol. The molecule has 0 amide bonds. The van der Waals surface area contributed by atoms with Gasteiger partial charge in [0.1, 0.15) is 11.0 Å². The van der Waals surface area contributed by atoms with Gasteiger partial charge >= 0.3 is 0 Å². The van der Waals surface area contributed by atoms with Gasteiger partial charge in [-0.05, 0) is 12.1 Å². The van der Waals surface area contributed by atoms with Crippen molar-refractivity contribution in [3.05, 3.63) is 51.7 Å². The van der Waals surface area contributed by atoms with Gasteiger partial charge in [0, 0.05) is 11.8 Å². The summed E-state index contributed by atoms with van der Waals surface area (Å²) in [5, 5.41) is 0. The number of hydrogen-bond acceptors (Lipinski definition) is 1. The fraction of sp³-hybridized carbons (Fsp3) is 0.0833. The zero-order valence-corrected chi connectivity index (χ0v) is 10.1. The molecule has 0 saturated carbocycles. The summed E-state index contributed by atoms with van der Waals surface area (Å²) in [6.07, 6.45) is 1.17. The largest absolute Gasteiger partial charge is 0.319 e. The highest BCUT2D eigenvalue weighted by molar-refractivity contribution is 6.17. The van der Waals surface area contributed by atoms with E-state index in [9.17, 15) is 18.0 Å². The molecule has 0 saturated heterocycles. The lowest BCUT2D eigenvalue weighted by molar-refractivity contribution is 0.508. The summed E-state index contributed by atoms with van der Waals surface area (Å²) in [4.78, 5) is 14.0. The van der Waals surface area contributed by atoms with Crippen molar-refractivity contribution < 1.29 is 13.2 Å². The monoisotopic (exact) mass is 286 g/mol. The van der Waals surface area contributed by atoms with E-state index >= 15 is 0 Å². The number of nitrogens with zero attached hydrogens (tertiary/aromatic N) is 1. The molecule has 0 spiro atoms. The molecule has 2 aromatic heterocycles. The van der Waals surface area contributed by atoms with Gasteiger partial charge in [-0.2, -0.15) is 0 Å². The fourth-order valence-electron chi connectivity index (χ4n) is 2.09. The summed E-state index contributed by atoms with van der Waals surface area (Å²) in [5.74, 6) is -3.32. The molecule has 0 aliphatic rings. The molecule has 1 aromatic carbocycles. The topological polar surface area (TPSA) is 37.3 Å². The first-order valence-electron chi connectivity index (χ1n) is 5.30. The molecule has 0 aliphatic heterocycles. The van der Waals surface area contributed by atoms with Gasteiger partial charge in [-0.15, -0.1) is 11.6 Å². The van der Waals surface area contributed by atoms with Crippen LogP contribution >= 0.6 is 11.6 Å². The number of aromatic amines is 1. The quantitative estimate of drug-likeness (QED) is 0.686. The summed E-state index contributed by atoms with van der Waals surface area (Å²) in [6, 6.07) is 2.25. The Labute approximate surface area is 109 Å². The summed E-state index contributed by atoms with van der Waals surface area (Å²) >= 11 is 5.50. The highest BCUT2D eigenvalue weighted by Crippen LogP contribution is 2.24. The third-order valence-electron chi connectivity index (χ3n) is 2.94. The molecule has 3 nitrogen and oxygen atoms in total. The summed E-state index contributed by atoms with van der Waals surface area (Å²) < 4.78 is 42.1. The predicted octanol–water partition coefficient (Wildman–Crippen LogP) is 2.94. The van der Waals surface area contributed by atoms with Gasteiger partial charge < -0.3 is 9.38 Å². The Kier molecular flexibility index (Phi) is 2.56. The number of halogens is 4. The van der Waals surface area contributed by atoms with Gasteiger partial charge in [0.15, 0.2) is 17.5 Å². The van der Waals surface area contributed by atoms with Crippen LogP contribution < -0.4 is 5.56 Å². The minimum atomic E-state index is -1.18. The Morgan fingerprint density at radius 2 is 1.95 bits per heavy atom. The van der Waals surface area contributed by atoms with Crippen molar-refractivity contribution >= 4 is 28.2 Å². The lowest BCUT2D eigenvalue weighted by Gasteiger charge is -2.07. The molecule has 2 heterocycles. The highest BCUT2D eigenvalue weighted by Gasteiger charge is 2.18. The first-order chi connectivity index (χ1) is 9.04. The lowest BCUT2D eigenvalue weighted by atomic mass is 10.2. The van der Waals surface area contributed by atoms with E-state index in [2.05, 4.69) is 4.98 Å². The Balaban J connectivity index is 2.63. The first kappa shape index (κ1) is 12.1. The van der Waals surface area contributed by atoms with E-state index in [1.807, 2.05) is 0 Å². The molecule has 3 aromatic rings. The SMILES string of the molecule is O=c1[nH]c2cc(CCl)c(F)c(F)c2n2ccc(F)c12.